The molecule has 0 fully saturated rings. The van der Waals surface area contributed by atoms with Gasteiger partial charge in [-0.05, 0) is 79.5 Å². The van der Waals surface area contributed by atoms with Crippen LogP contribution in [-0.2, 0) is 0 Å². The van der Waals surface area contributed by atoms with Gasteiger partial charge in [0.15, 0.2) is 11.6 Å². The van der Waals surface area contributed by atoms with Crippen molar-refractivity contribution in [3.63, 3.8) is 0 Å². The summed E-state index contributed by atoms with van der Waals surface area (Å²) in [4.78, 5) is 28.7. The van der Waals surface area contributed by atoms with Crippen LogP contribution in [0.5, 0.6) is 11.5 Å². The number of phenolic OH excluding ortho intramolecular Hbond substituents is 2. The molecule has 0 amide bonds. The molecule has 0 heterocycles. The van der Waals surface area contributed by atoms with Crippen molar-refractivity contribution in [1.29, 1.82) is 0 Å². The maximum atomic E-state index is 14.4. The van der Waals surface area contributed by atoms with Gasteiger partial charge in [0.05, 0.1) is 0 Å². The minimum atomic E-state index is -0.262. The summed E-state index contributed by atoms with van der Waals surface area (Å²) in [7, 11) is 0. The summed E-state index contributed by atoms with van der Waals surface area (Å²) in [6.07, 6.45) is 0. The zero-order valence-electron chi connectivity index (χ0n) is 23.3. The summed E-state index contributed by atoms with van der Waals surface area (Å²) in [5.41, 5.74) is 1.56. The summed E-state index contributed by atoms with van der Waals surface area (Å²) in [6, 6.07) is 37.2. The largest absolute Gasteiger partial charge is 0.507 e. The molecule has 0 saturated carbocycles. The first-order chi connectivity index (χ1) is 21.5. The molecule has 0 radical (unpaired) electrons. The second-order valence-electron chi connectivity index (χ2n) is 11.5. The molecule has 0 bridgehead atoms. The molecule has 4 nitrogen and oxygen atoms in total. The Labute approximate surface area is 250 Å². The summed E-state index contributed by atoms with van der Waals surface area (Å²) < 4.78 is 0. The van der Waals surface area contributed by atoms with Gasteiger partial charge in [-0.1, -0.05) is 84.9 Å². The van der Waals surface area contributed by atoms with Crippen molar-refractivity contribution in [2.75, 3.05) is 0 Å². The lowest BCUT2D eigenvalue weighted by molar-refractivity contribution is 0.100. The summed E-state index contributed by atoms with van der Waals surface area (Å²) in [5.74, 6) is -0.199. The lowest BCUT2D eigenvalue weighted by Crippen LogP contribution is -2.12. The monoisotopic (exact) mass is 566 g/mol. The fourth-order valence-corrected chi connectivity index (χ4v) is 7.19. The smallest absolute Gasteiger partial charge is 0.194 e. The topological polar surface area (TPSA) is 74.6 Å². The van der Waals surface area contributed by atoms with Gasteiger partial charge in [-0.15, -0.1) is 0 Å². The highest BCUT2D eigenvalue weighted by atomic mass is 16.3. The van der Waals surface area contributed by atoms with Crippen LogP contribution in [-0.4, -0.2) is 21.8 Å². The summed E-state index contributed by atoms with van der Waals surface area (Å²) in [5, 5.41) is 32.0. The third-order valence-corrected chi connectivity index (χ3v) is 9.15. The number of benzene rings is 9. The van der Waals surface area contributed by atoms with Crippen molar-refractivity contribution in [1.82, 2.24) is 0 Å². The van der Waals surface area contributed by atoms with Crippen LogP contribution in [0.4, 0.5) is 0 Å². The summed E-state index contributed by atoms with van der Waals surface area (Å²) in [6.45, 7) is 0. The maximum absolute atomic E-state index is 14.4. The second-order valence-corrected chi connectivity index (χ2v) is 11.5. The molecule has 0 atom stereocenters. The Hall–Kier alpha value is -6.00. The number of hydrogen-bond acceptors (Lipinski definition) is 4. The van der Waals surface area contributed by atoms with E-state index in [0.717, 1.165) is 53.9 Å². The van der Waals surface area contributed by atoms with Crippen molar-refractivity contribution >= 4 is 76.2 Å². The minimum absolute atomic E-state index is 0.163. The fourth-order valence-electron chi connectivity index (χ4n) is 7.19. The molecule has 9 rings (SSSR count). The SMILES string of the molecule is O=C(c1ccccc1C(=O)c1ccc2c(O)cc3cccc4ccc1c2c43)c1ccc2c(O)cc3cccc4ccc1c2c43. The maximum Gasteiger partial charge on any atom is 0.194 e. The number of ketones is 2. The standard InChI is InChI=1S/C40H22O4/c41-33-19-23-7-3-5-21-11-13-25-29(15-17-31(33)37(25)35(21)23)39(43)27-9-1-2-10-28(27)40(44)30-16-18-32-34(42)20-24-8-4-6-22-12-14-26(30)38(32)36(22)24/h1-20,41-42H. The molecular formula is C40H22O4. The van der Waals surface area contributed by atoms with E-state index in [0.29, 0.717) is 33.0 Å². The Balaban J connectivity index is 1.24. The number of phenols is 2. The van der Waals surface area contributed by atoms with Crippen LogP contribution >= 0.6 is 0 Å². The van der Waals surface area contributed by atoms with Gasteiger partial charge in [0.25, 0.3) is 0 Å². The molecule has 0 unspecified atom stereocenters. The first kappa shape index (κ1) is 24.6. The molecule has 0 aliphatic heterocycles. The van der Waals surface area contributed by atoms with E-state index in [1.165, 1.54) is 0 Å². The lowest BCUT2D eigenvalue weighted by atomic mass is 9.86. The molecule has 0 spiro atoms. The highest BCUT2D eigenvalue weighted by Crippen LogP contribution is 2.42. The minimum Gasteiger partial charge on any atom is -0.507 e. The van der Waals surface area contributed by atoms with Crippen LogP contribution in [0.25, 0.3) is 64.6 Å². The van der Waals surface area contributed by atoms with Gasteiger partial charge in [-0.25, -0.2) is 0 Å². The van der Waals surface area contributed by atoms with Gasteiger partial charge in [0.2, 0.25) is 0 Å². The Morgan fingerprint density at radius 2 is 0.773 bits per heavy atom. The molecular weight excluding hydrogens is 544 g/mol. The van der Waals surface area contributed by atoms with Crippen LogP contribution in [0.15, 0.2) is 121 Å². The van der Waals surface area contributed by atoms with Gasteiger partial charge in [-0.3, -0.25) is 9.59 Å². The molecule has 2 N–H and O–H groups in total. The molecule has 4 heteroatoms. The average molecular weight is 567 g/mol. The van der Waals surface area contributed by atoms with Crippen molar-refractivity contribution in [3.8, 4) is 11.5 Å². The van der Waals surface area contributed by atoms with E-state index in [1.807, 2.05) is 60.7 Å². The summed E-state index contributed by atoms with van der Waals surface area (Å²) >= 11 is 0. The number of carbonyl (C=O) groups excluding carboxylic acids is 2. The van der Waals surface area contributed by atoms with Crippen molar-refractivity contribution in [2.45, 2.75) is 0 Å². The third kappa shape index (κ3) is 3.22. The Morgan fingerprint density at radius 3 is 1.23 bits per heavy atom. The van der Waals surface area contributed by atoms with E-state index >= 15 is 0 Å². The molecule has 44 heavy (non-hydrogen) atoms. The lowest BCUT2D eigenvalue weighted by Gasteiger charge is -2.16. The van der Waals surface area contributed by atoms with Gasteiger partial charge in [0.1, 0.15) is 11.5 Å². The highest BCUT2D eigenvalue weighted by molar-refractivity contribution is 6.33. The molecule has 0 aliphatic carbocycles. The predicted molar refractivity (Wildman–Crippen MR) is 177 cm³/mol. The molecule has 0 saturated heterocycles. The number of rotatable bonds is 4. The van der Waals surface area contributed by atoms with Crippen molar-refractivity contribution in [2.24, 2.45) is 0 Å². The number of carbonyl (C=O) groups is 2. The van der Waals surface area contributed by atoms with Crippen LogP contribution < -0.4 is 0 Å². The average Bonchev–Trinajstić information content (AvgIpc) is 3.06. The van der Waals surface area contributed by atoms with E-state index in [1.54, 1.807) is 60.7 Å². The van der Waals surface area contributed by atoms with Gasteiger partial charge < -0.3 is 10.2 Å². The van der Waals surface area contributed by atoms with Crippen LogP contribution in [0.2, 0.25) is 0 Å². The molecule has 0 aromatic heterocycles. The molecule has 206 valence electrons. The van der Waals surface area contributed by atoms with E-state index < -0.39 is 0 Å². The van der Waals surface area contributed by atoms with E-state index in [-0.39, 0.29) is 23.1 Å². The second kappa shape index (κ2) is 8.76. The third-order valence-electron chi connectivity index (χ3n) is 9.15. The van der Waals surface area contributed by atoms with Crippen LogP contribution in [0.3, 0.4) is 0 Å². The van der Waals surface area contributed by atoms with Crippen LogP contribution in [0.1, 0.15) is 31.8 Å². The Kier molecular flexibility index (Phi) is 4.89. The molecule has 9 aromatic rings. The number of hydrogen-bond donors (Lipinski definition) is 2. The number of aromatic hydroxyl groups is 2. The first-order valence-electron chi connectivity index (χ1n) is 14.5. The van der Waals surface area contributed by atoms with Crippen molar-refractivity contribution < 1.29 is 19.8 Å². The highest BCUT2D eigenvalue weighted by Gasteiger charge is 2.25. The normalized spacial score (nSPS) is 12.0. The molecule has 9 aromatic carbocycles. The van der Waals surface area contributed by atoms with Gasteiger partial charge in [0, 0.05) is 43.8 Å². The van der Waals surface area contributed by atoms with Crippen molar-refractivity contribution in [3.05, 3.63) is 144 Å². The van der Waals surface area contributed by atoms with Gasteiger partial charge in [-0.2, -0.15) is 0 Å². The van der Waals surface area contributed by atoms with E-state index in [2.05, 4.69) is 0 Å². The molecule has 0 aliphatic rings. The Morgan fingerprint density at radius 1 is 0.364 bits per heavy atom. The fraction of sp³-hybridized carbons (Fsp3) is 0. The zero-order chi connectivity index (χ0) is 29.7. The first-order valence-corrected chi connectivity index (χ1v) is 14.5. The predicted octanol–water partition coefficient (Wildman–Crippen LogP) is 9.35. The van der Waals surface area contributed by atoms with E-state index in [9.17, 15) is 19.8 Å². The van der Waals surface area contributed by atoms with Gasteiger partial charge >= 0.3 is 0 Å². The van der Waals surface area contributed by atoms with Crippen LogP contribution in [0, 0.1) is 0 Å². The zero-order valence-corrected chi connectivity index (χ0v) is 23.3. The van der Waals surface area contributed by atoms with E-state index in [4.69, 9.17) is 0 Å². The quantitative estimate of drug-likeness (QED) is 0.164. The Bertz CT molecular complexity index is 2480.